The fourth-order valence-electron chi connectivity index (χ4n) is 5.33. The average molecular weight is 495 g/mol. The SMILES string of the molecule is COc1ccc2c(c1)c(/C=C1\Oc3c4c(cc(C)c3C1=O)OCN(C1CCS(=O)(=O)C1)C4)cn2C. The van der Waals surface area contributed by atoms with E-state index in [1.165, 1.54) is 0 Å². The molecule has 3 aromatic rings. The number of hydrogen-bond acceptors (Lipinski definition) is 7. The van der Waals surface area contributed by atoms with Crippen molar-refractivity contribution >= 4 is 32.6 Å². The normalized spacial score (nSPS) is 22.2. The second kappa shape index (κ2) is 7.86. The Hall–Kier alpha value is -3.30. The standard InChI is InChI=1S/C26H26N2O6S/c1-15-8-22-20(12-28(14-33-22)17-6-7-35(30,31)13-17)26-24(15)25(29)23(34-26)9-16-11-27(2)21-5-4-18(32-3)10-19(16)21/h4-5,8-11,17H,6-7,12-14H2,1-3H3/b23-9-. The first kappa shape index (κ1) is 22.2. The van der Waals surface area contributed by atoms with Gasteiger partial charge in [-0.15, -0.1) is 0 Å². The van der Waals surface area contributed by atoms with Gasteiger partial charge in [0, 0.05) is 42.3 Å². The van der Waals surface area contributed by atoms with Crippen molar-refractivity contribution < 1.29 is 27.4 Å². The van der Waals surface area contributed by atoms with Gasteiger partial charge in [0.25, 0.3) is 0 Å². The highest BCUT2D eigenvalue weighted by Gasteiger charge is 2.39. The van der Waals surface area contributed by atoms with Gasteiger partial charge in [0.15, 0.2) is 15.6 Å². The van der Waals surface area contributed by atoms with E-state index in [1.54, 1.807) is 13.2 Å². The highest BCUT2D eigenvalue weighted by molar-refractivity contribution is 7.91. The van der Waals surface area contributed by atoms with Crippen LogP contribution in [0.4, 0.5) is 0 Å². The third kappa shape index (κ3) is 3.61. The van der Waals surface area contributed by atoms with E-state index in [0.29, 0.717) is 36.8 Å². The van der Waals surface area contributed by atoms with Crippen LogP contribution in [0.25, 0.3) is 17.0 Å². The van der Waals surface area contributed by atoms with Gasteiger partial charge in [-0.3, -0.25) is 9.69 Å². The van der Waals surface area contributed by atoms with E-state index < -0.39 is 9.84 Å². The average Bonchev–Trinajstić information content (AvgIpc) is 3.47. The number of rotatable bonds is 3. The Morgan fingerprint density at radius 1 is 1.23 bits per heavy atom. The Morgan fingerprint density at radius 3 is 2.80 bits per heavy atom. The van der Waals surface area contributed by atoms with Crippen LogP contribution in [0.1, 0.15) is 33.5 Å². The molecule has 0 aliphatic carbocycles. The van der Waals surface area contributed by atoms with Gasteiger partial charge < -0.3 is 18.8 Å². The maximum atomic E-state index is 13.4. The van der Waals surface area contributed by atoms with E-state index in [9.17, 15) is 13.2 Å². The van der Waals surface area contributed by atoms with E-state index >= 15 is 0 Å². The smallest absolute Gasteiger partial charge is 0.232 e. The highest BCUT2D eigenvalue weighted by atomic mass is 32.2. The van der Waals surface area contributed by atoms with E-state index in [2.05, 4.69) is 0 Å². The number of ketones is 1. The molecule has 6 rings (SSSR count). The van der Waals surface area contributed by atoms with Crippen LogP contribution in [-0.2, 0) is 23.4 Å². The second-order valence-electron chi connectivity index (χ2n) is 9.47. The molecule has 8 nitrogen and oxygen atoms in total. The first-order valence-corrected chi connectivity index (χ1v) is 13.4. The molecule has 0 saturated carbocycles. The third-order valence-electron chi connectivity index (χ3n) is 7.19. The molecule has 0 amide bonds. The Balaban J connectivity index is 1.38. The molecule has 9 heteroatoms. The zero-order valence-corrected chi connectivity index (χ0v) is 20.6. The number of sulfone groups is 1. The molecule has 0 N–H and O–H groups in total. The van der Waals surface area contributed by atoms with Crippen LogP contribution in [0, 0.1) is 6.92 Å². The molecule has 0 spiro atoms. The number of carbonyl (C=O) groups is 1. The quantitative estimate of drug-likeness (QED) is 0.516. The molecule has 1 atom stereocenters. The molecule has 1 saturated heterocycles. The van der Waals surface area contributed by atoms with Gasteiger partial charge >= 0.3 is 0 Å². The van der Waals surface area contributed by atoms with Crippen molar-refractivity contribution in [1.82, 2.24) is 9.47 Å². The van der Waals surface area contributed by atoms with Crippen molar-refractivity contribution in [1.29, 1.82) is 0 Å². The van der Waals surface area contributed by atoms with Crippen molar-refractivity contribution in [2.45, 2.75) is 25.9 Å². The largest absolute Gasteiger partial charge is 0.497 e. The fourth-order valence-corrected chi connectivity index (χ4v) is 7.09. The summed E-state index contributed by atoms with van der Waals surface area (Å²) < 4.78 is 43.6. The molecule has 3 aliphatic rings. The number of methoxy groups -OCH3 is 1. The summed E-state index contributed by atoms with van der Waals surface area (Å²) in [4.78, 5) is 15.5. The summed E-state index contributed by atoms with van der Waals surface area (Å²) in [6, 6.07) is 7.62. The van der Waals surface area contributed by atoms with E-state index in [4.69, 9.17) is 14.2 Å². The van der Waals surface area contributed by atoms with Crippen molar-refractivity contribution in [2.24, 2.45) is 7.05 Å². The molecule has 1 aromatic heterocycles. The summed E-state index contributed by atoms with van der Waals surface area (Å²) in [5.74, 6) is 2.36. The Bertz CT molecular complexity index is 1540. The molecule has 4 heterocycles. The van der Waals surface area contributed by atoms with Crippen molar-refractivity contribution in [2.75, 3.05) is 25.3 Å². The summed E-state index contributed by atoms with van der Waals surface area (Å²) in [6.45, 7) is 2.68. The predicted octanol–water partition coefficient (Wildman–Crippen LogP) is 3.45. The minimum absolute atomic E-state index is 0.0946. The Labute approximate surface area is 203 Å². The first-order chi connectivity index (χ1) is 16.7. The Kier molecular flexibility index (Phi) is 4.98. The van der Waals surface area contributed by atoms with Crippen LogP contribution in [0.2, 0.25) is 0 Å². The zero-order chi connectivity index (χ0) is 24.5. The number of hydrogen-bond donors (Lipinski definition) is 0. The lowest BCUT2D eigenvalue weighted by atomic mass is 9.98. The van der Waals surface area contributed by atoms with Crippen molar-refractivity contribution in [3.05, 3.63) is 58.5 Å². The van der Waals surface area contributed by atoms with Gasteiger partial charge in [0.2, 0.25) is 5.78 Å². The lowest BCUT2D eigenvalue weighted by molar-refractivity contribution is 0.0633. The number of Topliss-reactive ketones (excluding diaryl/α,β-unsaturated/α-hetero) is 1. The molecule has 1 unspecified atom stereocenters. The molecule has 35 heavy (non-hydrogen) atoms. The fraction of sp³-hybridized carbons (Fsp3) is 0.346. The van der Waals surface area contributed by atoms with E-state index in [0.717, 1.165) is 33.3 Å². The number of aryl methyl sites for hydroxylation is 2. The second-order valence-corrected chi connectivity index (χ2v) is 11.7. The number of benzene rings is 2. The van der Waals surface area contributed by atoms with Crippen LogP contribution in [0.5, 0.6) is 17.2 Å². The highest BCUT2D eigenvalue weighted by Crippen LogP contribution is 2.45. The van der Waals surface area contributed by atoms with Crippen LogP contribution >= 0.6 is 0 Å². The third-order valence-corrected chi connectivity index (χ3v) is 8.94. The minimum atomic E-state index is -3.02. The van der Waals surface area contributed by atoms with Crippen LogP contribution in [-0.4, -0.2) is 55.1 Å². The van der Waals surface area contributed by atoms with Gasteiger partial charge in [-0.05, 0) is 49.2 Å². The maximum Gasteiger partial charge on any atom is 0.232 e. The maximum absolute atomic E-state index is 13.4. The van der Waals surface area contributed by atoms with Gasteiger partial charge in [0.1, 0.15) is 24.0 Å². The van der Waals surface area contributed by atoms with Crippen molar-refractivity contribution in [3.8, 4) is 17.2 Å². The number of aromatic nitrogens is 1. The van der Waals surface area contributed by atoms with E-state index in [-0.39, 0.29) is 29.1 Å². The summed E-state index contributed by atoms with van der Waals surface area (Å²) in [6.07, 6.45) is 4.33. The summed E-state index contributed by atoms with van der Waals surface area (Å²) in [7, 11) is 0.566. The molecule has 0 bridgehead atoms. The number of carbonyl (C=O) groups excluding carboxylic acids is 1. The summed E-state index contributed by atoms with van der Waals surface area (Å²) >= 11 is 0. The molecular formula is C26H26N2O6S. The molecular weight excluding hydrogens is 468 g/mol. The number of ether oxygens (including phenoxy) is 3. The molecule has 2 aromatic carbocycles. The topological polar surface area (TPSA) is 87.1 Å². The summed E-state index contributed by atoms with van der Waals surface area (Å²) in [5, 5.41) is 0.961. The molecule has 182 valence electrons. The van der Waals surface area contributed by atoms with Crippen LogP contribution < -0.4 is 14.2 Å². The summed E-state index contributed by atoms with van der Waals surface area (Å²) in [5.41, 5.74) is 4.00. The molecule has 0 radical (unpaired) electrons. The van der Waals surface area contributed by atoms with Crippen molar-refractivity contribution in [3.63, 3.8) is 0 Å². The number of allylic oxidation sites excluding steroid dienone is 1. The monoisotopic (exact) mass is 494 g/mol. The van der Waals surface area contributed by atoms with Gasteiger partial charge in [0.05, 0.1) is 29.7 Å². The zero-order valence-electron chi connectivity index (χ0n) is 19.8. The van der Waals surface area contributed by atoms with Gasteiger partial charge in [-0.25, -0.2) is 8.42 Å². The predicted molar refractivity (Wildman–Crippen MR) is 132 cm³/mol. The van der Waals surface area contributed by atoms with Crippen LogP contribution in [0.15, 0.2) is 36.2 Å². The first-order valence-electron chi connectivity index (χ1n) is 11.5. The lowest BCUT2D eigenvalue weighted by Gasteiger charge is -2.33. The molecule has 1 fully saturated rings. The lowest BCUT2D eigenvalue weighted by Crippen LogP contribution is -2.41. The molecule has 3 aliphatic heterocycles. The van der Waals surface area contributed by atoms with Crippen LogP contribution in [0.3, 0.4) is 0 Å². The Morgan fingerprint density at radius 2 is 2.06 bits per heavy atom. The van der Waals surface area contributed by atoms with Gasteiger partial charge in [-0.1, -0.05) is 0 Å². The van der Waals surface area contributed by atoms with E-state index in [1.807, 2.05) is 53.9 Å². The minimum Gasteiger partial charge on any atom is -0.497 e. The van der Waals surface area contributed by atoms with Gasteiger partial charge in [-0.2, -0.15) is 0 Å². The number of fused-ring (bicyclic) bond motifs is 4. The number of nitrogens with zero attached hydrogens (tertiary/aromatic N) is 2.